The summed E-state index contributed by atoms with van der Waals surface area (Å²) in [5, 5.41) is 4.01. The van der Waals surface area contributed by atoms with E-state index in [0.29, 0.717) is 6.10 Å². The Morgan fingerprint density at radius 3 is 2.79 bits per heavy atom. The van der Waals surface area contributed by atoms with Crippen molar-refractivity contribution in [2.45, 2.75) is 12.5 Å². The van der Waals surface area contributed by atoms with Crippen LogP contribution >= 0.6 is 11.6 Å². The second-order valence-corrected chi connectivity index (χ2v) is 3.90. The average molecular weight is 212 g/mol. The normalized spacial score (nSPS) is 16.6. The lowest BCUT2D eigenvalue weighted by molar-refractivity contribution is 0.0208. The van der Waals surface area contributed by atoms with Crippen LogP contribution in [0.1, 0.15) is 5.56 Å². The van der Waals surface area contributed by atoms with Gasteiger partial charge >= 0.3 is 0 Å². The number of halogens is 1. The maximum atomic E-state index is 6.02. The molecule has 0 bridgehead atoms. The van der Waals surface area contributed by atoms with Crippen molar-refractivity contribution in [2.75, 3.05) is 19.7 Å². The van der Waals surface area contributed by atoms with E-state index in [1.165, 1.54) is 5.56 Å². The molecule has 0 unspecified atom stereocenters. The lowest BCUT2D eigenvalue weighted by Crippen LogP contribution is -2.48. The summed E-state index contributed by atoms with van der Waals surface area (Å²) in [4.78, 5) is 0. The fourth-order valence-corrected chi connectivity index (χ4v) is 1.65. The first-order valence-corrected chi connectivity index (χ1v) is 5.30. The number of rotatable bonds is 4. The lowest BCUT2D eigenvalue weighted by atomic mass is 10.1. The van der Waals surface area contributed by atoms with Gasteiger partial charge < -0.3 is 10.1 Å². The van der Waals surface area contributed by atoms with E-state index in [2.05, 4.69) is 5.32 Å². The first kappa shape index (κ1) is 9.97. The summed E-state index contributed by atoms with van der Waals surface area (Å²) >= 11 is 6.02. The van der Waals surface area contributed by atoms with Crippen LogP contribution in [0.25, 0.3) is 0 Å². The third-order valence-corrected chi connectivity index (χ3v) is 2.80. The van der Waals surface area contributed by atoms with Crippen LogP contribution in [0.2, 0.25) is 5.02 Å². The minimum atomic E-state index is 0.414. The lowest BCUT2D eigenvalue weighted by Gasteiger charge is -2.27. The fraction of sp³-hybridized carbons (Fsp3) is 0.455. The van der Waals surface area contributed by atoms with Gasteiger partial charge in [-0.15, -0.1) is 0 Å². The van der Waals surface area contributed by atoms with Crippen molar-refractivity contribution in [1.82, 2.24) is 5.32 Å². The summed E-state index contributed by atoms with van der Waals surface area (Å²) < 4.78 is 5.62. The molecule has 1 fully saturated rings. The predicted octanol–water partition coefficient (Wildman–Crippen LogP) is 1.87. The molecule has 1 aromatic carbocycles. The summed E-state index contributed by atoms with van der Waals surface area (Å²) in [6.45, 7) is 2.74. The average Bonchev–Trinajstić information content (AvgIpc) is 2.12. The van der Waals surface area contributed by atoms with Gasteiger partial charge in [0.1, 0.15) is 0 Å². The number of nitrogens with one attached hydrogen (secondary N) is 1. The molecule has 14 heavy (non-hydrogen) atoms. The first-order chi connectivity index (χ1) is 6.86. The summed E-state index contributed by atoms with van der Waals surface area (Å²) in [5.41, 5.74) is 1.17. The zero-order valence-electron chi connectivity index (χ0n) is 8.00. The molecule has 0 amide bonds. The van der Waals surface area contributed by atoms with Gasteiger partial charge in [-0.2, -0.15) is 0 Å². The van der Waals surface area contributed by atoms with E-state index in [0.717, 1.165) is 31.1 Å². The molecule has 0 aromatic heterocycles. The smallest absolute Gasteiger partial charge is 0.0823 e. The third-order valence-electron chi connectivity index (χ3n) is 2.43. The van der Waals surface area contributed by atoms with Gasteiger partial charge in [0.05, 0.1) is 12.7 Å². The number of hydrogen-bond donors (Lipinski definition) is 1. The van der Waals surface area contributed by atoms with E-state index >= 15 is 0 Å². The Hall–Kier alpha value is -0.570. The number of hydrogen-bond acceptors (Lipinski definition) is 2. The van der Waals surface area contributed by atoms with Crippen LogP contribution in [-0.2, 0) is 11.2 Å². The van der Waals surface area contributed by atoms with Gasteiger partial charge in [-0.25, -0.2) is 0 Å². The first-order valence-electron chi connectivity index (χ1n) is 4.92. The van der Waals surface area contributed by atoms with Gasteiger partial charge in [0.2, 0.25) is 0 Å². The quantitative estimate of drug-likeness (QED) is 0.821. The van der Waals surface area contributed by atoms with Crippen molar-refractivity contribution in [3.05, 3.63) is 34.9 Å². The van der Waals surface area contributed by atoms with E-state index in [9.17, 15) is 0 Å². The van der Waals surface area contributed by atoms with Crippen LogP contribution in [0.15, 0.2) is 24.3 Å². The van der Waals surface area contributed by atoms with Crippen LogP contribution < -0.4 is 5.32 Å². The van der Waals surface area contributed by atoms with E-state index in [4.69, 9.17) is 16.3 Å². The van der Waals surface area contributed by atoms with Gasteiger partial charge in [0.15, 0.2) is 0 Å². The molecule has 1 N–H and O–H groups in total. The van der Waals surface area contributed by atoms with Crippen molar-refractivity contribution >= 4 is 11.6 Å². The Kier molecular flexibility index (Phi) is 3.40. The van der Waals surface area contributed by atoms with Gasteiger partial charge in [0, 0.05) is 18.1 Å². The van der Waals surface area contributed by atoms with Crippen molar-refractivity contribution < 1.29 is 4.74 Å². The molecule has 76 valence electrons. The maximum absolute atomic E-state index is 6.02. The molecule has 1 saturated heterocycles. The molecule has 0 radical (unpaired) electrons. The van der Waals surface area contributed by atoms with Gasteiger partial charge in [-0.05, 0) is 18.1 Å². The maximum Gasteiger partial charge on any atom is 0.0823 e. The van der Waals surface area contributed by atoms with E-state index in [1.807, 2.05) is 24.3 Å². The van der Waals surface area contributed by atoms with Crippen LogP contribution in [-0.4, -0.2) is 25.8 Å². The molecule has 2 rings (SSSR count). The molecular weight excluding hydrogens is 198 g/mol. The van der Waals surface area contributed by atoms with Crippen LogP contribution in [0, 0.1) is 0 Å². The molecule has 0 saturated carbocycles. The van der Waals surface area contributed by atoms with Crippen LogP contribution in [0.5, 0.6) is 0 Å². The van der Waals surface area contributed by atoms with Gasteiger partial charge in [-0.3, -0.25) is 0 Å². The van der Waals surface area contributed by atoms with Crippen LogP contribution in [0.3, 0.4) is 0 Å². The Bertz CT molecular complexity index is 299. The molecular formula is C11H14ClNO. The van der Waals surface area contributed by atoms with Gasteiger partial charge in [-0.1, -0.05) is 29.8 Å². The molecule has 3 heteroatoms. The van der Waals surface area contributed by atoms with Crippen molar-refractivity contribution in [3.63, 3.8) is 0 Å². The summed E-state index contributed by atoms with van der Waals surface area (Å²) in [5.74, 6) is 0. The molecule has 1 aliphatic rings. The second kappa shape index (κ2) is 4.78. The SMILES string of the molecule is Clc1ccccc1CCOC1CNC1. The summed E-state index contributed by atoms with van der Waals surface area (Å²) in [6.07, 6.45) is 1.31. The molecule has 0 spiro atoms. The number of ether oxygens (including phenoxy) is 1. The molecule has 0 aliphatic carbocycles. The standard InChI is InChI=1S/C11H14ClNO/c12-11-4-2-1-3-9(11)5-6-14-10-7-13-8-10/h1-4,10,13H,5-8H2. The highest BCUT2D eigenvalue weighted by Crippen LogP contribution is 2.15. The van der Waals surface area contributed by atoms with Crippen molar-refractivity contribution in [1.29, 1.82) is 0 Å². The topological polar surface area (TPSA) is 21.3 Å². The Morgan fingerprint density at radius 1 is 1.36 bits per heavy atom. The second-order valence-electron chi connectivity index (χ2n) is 3.49. The van der Waals surface area contributed by atoms with E-state index in [-0.39, 0.29) is 0 Å². The molecule has 0 atom stereocenters. The Morgan fingerprint density at radius 2 is 2.14 bits per heavy atom. The Balaban J connectivity index is 1.76. The molecule has 2 nitrogen and oxygen atoms in total. The predicted molar refractivity (Wildman–Crippen MR) is 57.8 cm³/mol. The highest BCUT2D eigenvalue weighted by atomic mass is 35.5. The monoisotopic (exact) mass is 211 g/mol. The summed E-state index contributed by atoms with van der Waals surface area (Å²) in [6, 6.07) is 7.92. The van der Waals surface area contributed by atoms with Crippen molar-refractivity contribution in [3.8, 4) is 0 Å². The highest BCUT2D eigenvalue weighted by Gasteiger charge is 2.16. The number of benzene rings is 1. The minimum Gasteiger partial charge on any atom is -0.375 e. The highest BCUT2D eigenvalue weighted by molar-refractivity contribution is 6.31. The van der Waals surface area contributed by atoms with Crippen molar-refractivity contribution in [2.24, 2.45) is 0 Å². The molecule has 1 aromatic rings. The van der Waals surface area contributed by atoms with Gasteiger partial charge in [0.25, 0.3) is 0 Å². The third kappa shape index (κ3) is 2.47. The minimum absolute atomic E-state index is 0.414. The van der Waals surface area contributed by atoms with Crippen LogP contribution in [0.4, 0.5) is 0 Å². The fourth-order valence-electron chi connectivity index (χ4n) is 1.42. The molecule has 1 heterocycles. The zero-order valence-corrected chi connectivity index (χ0v) is 8.76. The largest absolute Gasteiger partial charge is 0.375 e. The zero-order chi connectivity index (χ0) is 9.80. The molecule has 1 aliphatic heterocycles. The Labute approximate surface area is 89.2 Å². The van der Waals surface area contributed by atoms with E-state index < -0.39 is 0 Å². The van der Waals surface area contributed by atoms with E-state index in [1.54, 1.807) is 0 Å². The summed E-state index contributed by atoms with van der Waals surface area (Å²) in [7, 11) is 0.